The van der Waals surface area contributed by atoms with Crippen molar-refractivity contribution in [1.29, 1.82) is 0 Å². The van der Waals surface area contributed by atoms with E-state index in [9.17, 15) is 9.59 Å². The summed E-state index contributed by atoms with van der Waals surface area (Å²) in [6, 6.07) is 12.9. The summed E-state index contributed by atoms with van der Waals surface area (Å²) in [5.74, 6) is 1.05. The monoisotopic (exact) mass is 471 g/mol. The van der Waals surface area contributed by atoms with Crippen LogP contribution in [0.4, 0.5) is 0 Å². The van der Waals surface area contributed by atoms with Gasteiger partial charge in [0, 0.05) is 11.9 Å². The van der Waals surface area contributed by atoms with E-state index in [0.717, 1.165) is 70.5 Å². The van der Waals surface area contributed by atoms with Crippen molar-refractivity contribution >= 4 is 34.4 Å². The molecule has 0 saturated carbocycles. The van der Waals surface area contributed by atoms with E-state index in [0.29, 0.717) is 12.1 Å². The standard InChI is InChI=1S/C28H29N3O4/c1-3-13-29-27(32)17(2)30-28(33)25-20-8-4-5-10-22(20)31-26-19(7-6-9-21(25)26)14-18-11-12-23-24(15-18)35-16-34-23/h4-5,8,10-12,14-15,17H,3,6-7,9,13,16H2,1-2H3,(H,29,32)(H,30,33)/b19-14-. The van der Waals surface area contributed by atoms with E-state index >= 15 is 0 Å². The molecule has 5 rings (SSSR count). The molecule has 0 fully saturated rings. The van der Waals surface area contributed by atoms with Crippen LogP contribution in [0.2, 0.25) is 0 Å². The number of aromatic nitrogens is 1. The molecule has 1 unspecified atom stereocenters. The van der Waals surface area contributed by atoms with Gasteiger partial charge in [0.1, 0.15) is 6.04 Å². The van der Waals surface area contributed by atoms with Crippen LogP contribution in [0, 0.1) is 0 Å². The van der Waals surface area contributed by atoms with Crippen LogP contribution in [0.25, 0.3) is 22.6 Å². The van der Waals surface area contributed by atoms with Crippen LogP contribution in [0.15, 0.2) is 42.5 Å². The van der Waals surface area contributed by atoms with Gasteiger partial charge >= 0.3 is 0 Å². The Labute approximate surface area is 204 Å². The first-order valence-electron chi connectivity index (χ1n) is 12.2. The third-order valence-corrected chi connectivity index (χ3v) is 6.43. The second-order valence-electron chi connectivity index (χ2n) is 8.95. The summed E-state index contributed by atoms with van der Waals surface area (Å²) in [6.07, 6.45) is 5.49. The number of amides is 2. The van der Waals surface area contributed by atoms with Gasteiger partial charge < -0.3 is 20.1 Å². The Kier molecular flexibility index (Phi) is 6.40. The molecule has 1 aliphatic carbocycles. The molecule has 7 nitrogen and oxygen atoms in total. The van der Waals surface area contributed by atoms with E-state index in [-0.39, 0.29) is 18.6 Å². The van der Waals surface area contributed by atoms with Crippen molar-refractivity contribution in [3.63, 3.8) is 0 Å². The number of carbonyl (C=O) groups is 2. The Morgan fingerprint density at radius 2 is 1.94 bits per heavy atom. The third kappa shape index (κ3) is 4.58. The van der Waals surface area contributed by atoms with Crippen molar-refractivity contribution in [1.82, 2.24) is 15.6 Å². The molecule has 2 aromatic carbocycles. The van der Waals surface area contributed by atoms with Gasteiger partial charge in [0.15, 0.2) is 11.5 Å². The molecule has 35 heavy (non-hydrogen) atoms. The van der Waals surface area contributed by atoms with Gasteiger partial charge in [-0.2, -0.15) is 0 Å². The lowest BCUT2D eigenvalue weighted by Gasteiger charge is -2.23. The third-order valence-electron chi connectivity index (χ3n) is 6.43. The zero-order chi connectivity index (χ0) is 24.4. The van der Waals surface area contributed by atoms with Gasteiger partial charge in [-0.05, 0) is 73.6 Å². The molecular weight excluding hydrogens is 442 g/mol. The number of hydrogen-bond acceptors (Lipinski definition) is 5. The summed E-state index contributed by atoms with van der Waals surface area (Å²) in [4.78, 5) is 30.9. The quantitative estimate of drug-likeness (QED) is 0.553. The van der Waals surface area contributed by atoms with Crippen molar-refractivity contribution in [2.75, 3.05) is 13.3 Å². The van der Waals surface area contributed by atoms with Gasteiger partial charge in [-0.1, -0.05) is 31.2 Å². The van der Waals surface area contributed by atoms with E-state index in [1.165, 1.54) is 0 Å². The number of ether oxygens (including phenoxy) is 2. The lowest BCUT2D eigenvalue weighted by molar-refractivity contribution is -0.122. The molecule has 3 aromatic rings. The number of nitrogens with one attached hydrogen (secondary N) is 2. The number of rotatable bonds is 6. The number of fused-ring (bicyclic) bond motifs is 3. The number of hydrogen-bond donors (Lipinski definition) is 2. The van der Waals surface area contributed by atoms with Crippen LogP contribution in [0.1, 0.15) is 60.3 Å². The predicted octanol–water partition coefficient (Wildman–Crippen LogP) is 4.48. The van der Waals surface area contributed by atoms with Crippen molar-refractivity contribution in [2.45, 2.75) is 45.6 Å². The minimum atomic E-state index is -0.635. The maximum Gasteiger partial charge on any atom is 0.252 e. The molecule has 2 amide bonds. The van der Waals surface area contributed by atoms with E-state index in [1.807, 2.05) is 49.4 Å². The maximum absolute atomic E-state index is 13.5. The highest BCUT2D eigenvalue weighted by Gasteiger charge is 2.27. The number of para-hydroxylation sites is 1. The first-order valence-corrected chi connectivity index (χ1v) is 12.2. The van der Waals surface area contributed by atoms with E-state index in [2.05, 4.69) is 16.7 Å². The summed E-state index contributed by atoms with van der Waals surface area (Å²) in [6.45, 7) is 4.52. The fraction of sp³-hybridized carbons (Fsp3) is 0.321. The summed E-state index contributed by atoms with van der Waals surface area (Å²) in [5, 5.41) is 6.56. The Balaban J connectivity index is 1.54. The molecule has 1 aliphatic heterocycles. The summed E-state index contributed by atoms with van der Waals surface area (Å²) >= 11 is 0. The van der Waals surface area contributed by atoms with Gasteiger partial charge in [0.2, 0.25) is 12.7 Å². The molecule has 1 atom stereocenters. The summed E-state index contributed by atoms with van der Waals surface area (Å²) < 4.78 is 11.0. The van der Waals surface area contributed by atoms with Crippen LogP contribution < -0.4 is 20.1 Å². The zero-order valence-electron chi connectivity index (χ0n) is 20.0. The fourth-order valence-electron chi connectivity index (χ4n) is 4.67. The predicted molar refractivity (Wildman–Crippen MR) is 135 cm³/mol. The van der Waals surface area contributed by atoms with Crippen LogP contribution in [-0.4, -0.2) is 36.2 Å². The first-order chi connectivity index (χ1) is 17.0. The molecular formula is C28H29N3O4. The smallest absolute Gasteiger partial charge is 0.252 e. The molecule has 0 bridgehead atoms. The van der Waals surface area contributed by atoms with Crippen molar-refractivity contribution < 1.29 is 19.1 Å². The lowest BCUT2D eigenvalue weighted by atomic mass is 9.85. The molecule has 2 aliphatic rings. The molecule has 0 radical (unpaired) electrons. The molecule has 2 heterocycles. The molecule has 0 saturated heterocycles. The summed E-state index contributed by atoms with van der Waals surface area (Å²) in [5.41, 5.74) is 5.23. The van der Waals surface area contributed by atoms with Crippen LogP contribution in [0.3, 0.4) is 0 Å². The lowest BCUT2D eigenvalue weighted by Crippen LogP contribution is -2.45. The highest BCUT2D eigenvalue weighted by atomic mass is 16.7. The number of carbonyl (C=O) groups excluding carboxylic acids is 2. The molecule has 0 spiro atoms. The fourth-order valence-corrected chi connectivity index (χ4v) is 4.67. The zero-order valence-corrected chi connectivity index (χ0v) is 20.0. The molecule has 180 valence electrons. The van der Waals surface area contributed by atoms with Crippen LogP contribution in [-0.2, 0) is 11.2 Å². The van der Waals surface area contributed by atoms with Crippen LogP contribution >= 0.6 is 0 Å². The molecule has 1 aromatic heterocycles. The van der Waals surface area contributed by atoms with Gasteiger partial charge in [-0.15, -0.1) is 0 Å². The highest BCUT2D eigenvalue weighted by molar-refractivity contribution is 6.10. The average molecular weight is 472 g/mol. The number of benzene rings is 2. The second kappa shape index (κ2) is 9.78. The largest absolute Gasteiger partial charge is 0.454 e. The van der Waals surface area contributed by atoms with Crippen molar-refractivity contribution in [2.24, 2.45) is 0 Å². The van der Waals surface area contributed by atoms with E-state index in [4.69, 9.17) is 14.5 Å². The van der Waals surface area contributed by atoms with Crippen LogP contribution in [0.5, 0.6) is 11.5 Å². The first kappa shape index (κ1) is 22.9. The minimum absolute atomic E-state index is 0.184. The Hall–Kier alpha value is -3.87. The van der Waals surface area contributed by atoms with Gasteiger partial charge in [0.05, 0.1) is 16.8 Å². The SMILES string of the molecule is CCCNC(=O)C(C)NC(=O)c1c2c(nc3ccccc13)/C(=C\c1ccc3c(c1)OCO3)CCC2. The van der Waals surface area contributed by atoms with E-state index in [1.54, 1.807) is 6.92 Å². The Morgan fingerprint density at radius 3 is 2.80 bits per heavy atom. The number of nitrogens with zero attached hydrogens (tertiary/aromatic N) is 1. The maximum atomic E-state index is 13.5. The Morgan fingerprint density at radius 1 is 1.11 bits per heavy atom. The number of pyridine rings is 1. The molecule has 7 heteroatoms. The summed E-state index contributed by atoms with van der Waals surface area (Å²) in [7, 11) is 0. The average Bonchev–Trinajstić information content (AvgIpc) is 3.34. The van der Waals surface area contributed by atoms with E-state index < -0.39 is 6.04 Å². The topological polar surface area (TPSA) is 89.6 Å². The Bertz CT molecular complexity index is 1330. The number of allylic oxidation sites excluding steroid dienone is 1. The normalized spacial score (nSPS) is 16.1. The van der Waals surface area contributed by atoms with Gasteiger partial charge in [0.25, 0.3) is 5.91 Å². The highest BCUT2D eigenvalue weighted by Crippen LogP contribution is 2.38. The van der Waals surface area contributed by atoms with Gasteiger partial charge in [-0.25, -0.2) is 4.98 Å². The van der Waals surface area contributed by atoms with Gasteiger partial charge in [-0.3, -0.25) is 9.59 Å². The second-order valence-corrected chi connectivity index (χ2v) is 8.95. The molecule has 2 N–H and O–H groups in total. The minimum Gasteiger partial charge on any atom is -0.454 e. The van der Waals surface area contributed by atoms with Crippen molar-refractivity contribution in [3.05, 3.63) is 64.8 Å². The van der Waals surface area contributed by atoms with Crippen molar-refractivity contribution in [3.8, 4) is 11.5 Å².